The van der Waals surface area contributed by atoms with Gasteiger partial charge in [0.05, 0.1) is 57.6 Å². The van der Waals surface area contributed by atoms with Gasteiger partial charge in [0.15, 0.2) is 0 Å². The molecule has 4 heterocycles. The molecule has 0 bridgehead atoms. The Bertz CT molecular complexity index is 2040. The highest BCUT2D eigenvalue weighted by molar-refractivity contribution is 6.03. The van der Waals surface area contributed by atoms with Gasteiger partial charge >= 0.3 is 0 Å². The van der Waals surface area contributed by atoms with Crippen LogP contribution in [0.1, 0.15) is 58.6 Å². The Morgan fingerprint density at radius 3 is 1.43 bits per heavy atom. The van der Waals surface area contributed by atoms with E-state index in [1.54, 1.807) is 24.5 Å². The van der Waals surface area contributed by atoms with E-state index in [1.807, 2.05) is 97.1 Å². The van der Waals surface area contributed by atoms with E-state index in [1.165, 1.54) is 0 Å². The number of phenols is 2. The van der Waals surface area contributed by atoms with E-state index in [4.69, 9.17) is 9.98 Å². The lowest BCUT2D eigenvalue weighted by atomic mass is 9.92. The second-order valence-corrected chi connectivity index (χ2v) is 12.3. The van der Waals surface area contributed by atoms with Crippen LogP contribution in [0, 0.1) is 0 Å². The number of benzene rings is 4. The molecule has 240 valence electrons. The average molecular weight is 643 g/mol. The molecule has 2 aliphatic heterocycles. The number of pyridine rings is 2. The number of hydrogen-bond donors (Lipinski definition) is 4. The Kier molecular flexibility index (Phi) is 8.03. The predicted molar refractivity (Wildman–Crippen MR) is 195 cm³/mol. The molecular formula is C41H34N6O2. The Morgan fingerprint density at radius 1 is 0.531 bits per heavy atom. The molecule has 6 aromatic rings. The molecule has 0 saturated carbocycles. The zero-order valence-electron chi connectivity index (χ0n) is 26.7. The molecule has 49 heavy (non-hydrogen) atoms. The van der Waals surface area contributed by atoms with E-state index in [-0.39, 0.29) is 23.6 Å². The van der Waals surface area contributed by atoms with E-state index < -0.39 is 0 Å². The fraction of sp³-hybridized carbons (Fsp3) is 0.122. The summed E-state index contributed by atoms with van der Waals surface area (Å²) < 4.78 is 0. The third-order valence-electron chi connectivity index (χ3n) is 9.04. The minimum Gasteiger partial charge on any atom is -0.508 e. The summed E-state index contributed by atoms with van der Waals surface area (Å²) in [5, 5.41) is 29.6. The van der Waals surface area contributed by atoms with Gasteiger partial charge in [0, 0.05) is 36.4 Å². The van der Waals surface area contributed by atoms with Crippen LogP contribution >= 0.6 is 0 Å². The molecule has 0 fully saturated rings. The van der Waals surface area contributed by atoms with Gasteiger partial charge in [0.25, 0.3) is 0 Å². The standard InChI is InChI=1S/C41H34N6O2/c48-40-17-15-26(22-28(40)36-24-38(30-9-5-7-19-42-30)46-34-13-3-1-11-32(34)44-36)21-27-16-18-41(49)29(23-27)37-25-39(31-10-6-8-20-43-31)47-35-14-4-2-12-33(35)45-37/h1-20,22-23,36-37,44-45,48-49H,21,24-25H2. The Morgan fingerprint density at radius 2 is 0.980 bits per heavy atom. The largest absolute Gasteiger partial charge is 0.508 e. The third kappa shape index (κ3) is 6.36. The molecule has 4 N–H and O–H groups in total. The maximum Gasteiger partial charge on any atom is 0.120 e. The second-order valence-electron chi connectivity index (χ2n) is 12.3. The normalized spacial score (nSPS) is 16.8. The average Bonchev–Trinajstić information content (AvgIpc) is 3.46. The Hall–Kier alpha value is -6.28. The van der Waals surface area contributed by atoms with Gasteiger partial charge in [-0.15, -0.1) is 0 Å². The van der Waals surface area contributed by atoms with Gasteiger partial charge < -0.3 is 20.8 Å². The molecule has 2 aliphatic rings. The minimum atomic E-state index is -0.237. The second kappa shape index (κ2) is 13.1. The summed E-state index contributed by atoms with van der Waals surface area (Å²) in [6.07, 6.45) is 5.24. The first-order valence-electron chi connectivity index (χ1n) is 16.4. The molecule has 8 heteroatoms. The summed E-state index contributed by atoms with van der Waals surface area (Å²) in [5.74, 6) is 0.435. The van der Waals surface area contributed by atoms with E-state index in [0.717, 1.165) is 67.8 Å². The summed E-state index contributed by atoms with van der Waals surface area (Å²) in [5.41, 5.74) is 10.4. The van der Waals surface area contributed by atoms with Crippen LogP contribution in [0.4, 0.5) is 22.7 Å². The fourth-order valence-corrected chi connectivity index (χ4v) is 6.62. The van der Waals surface area contributed by atoms with Crippen molar-refractivity contribution in [1.29, 1.82) is 0 Å². The zero-order chi connectivity index (χ0) is 33.2. The maximum atomic E-state index is 11.2. The highest BCUT2D eigenvalue weighted by Crippen LogP contribution is 2.40. The van der Waals surface area contributed by atoms with E-state index in [0.29, 0.717) is 19.3 Å². The van der Waals surface area contributed by atoms with Crippen LogP contribution in [-0.2, 0) is 6.42 Å². The van der Waals surface area contributed by atoms with Crippen LogP contribution in [0.5, 0.6) is 11.5 Å². The number of aromatic nitrogens is 2. The van der Waals surface area contributed by atoms with Crippen molar-refractivity contribution in [2.45, 2.75) is 31.3 Å². The Balaban J connectivity index is 1.10. The number of para-hydroxylation sites is 4. The van der Waals surface area contributed by atoms with Crippen LogP contribution in [0.15, 0.2) is 144 Å². The van der Waals surface area contributed by atoms with Crippen LogP contribution < -0.4 is 10.6 Å². The molecule has 4 aromatic carbocycles. The number of phenolic OH excluding ortho intramolecular Hbond substituents is 2. The molecule has 2 atom stereocenters. The maximum absolute atomic E-state index is 11.2. The summed E-state index contributed by atoms with van der Waals surface area (Å²) in [4.78, 5) is 19.1. The number of fused-ring (bicyclic) bond motifs is 2. The minimum absolute atomic E-state index is 0.218. The lowest BCUT2D eigenvalue weighted by Crippen LogP contribution is -2.16. The van der Waals surface area contributed by atoms with E-state index in [2.05, 4.69) is 32.7 Å². The number of nitrogens with one attached hydrogen (secondary N) is 2. The molecule has 0 radical (unpaired) electrons. The van der Waals surface area contributed by atoms with Crippen molar-refractivity contribution in [2.75, 3.05) is 10.6 Å². The number of hydrogen-bond acceptors (Lipinski definition) is 8. The number of aliphatic imine (C=N–C) groups is 2. The zero-order valence-corrected chi connectivity index (χ0v) is 26.7. The van der Waals surface area contributed by atoms with Crippen molar-refractivity contribution in [2.24, 2.45) is 9.98 Å². The van der Waals surface area contributed by atoms with Crippen molar-refractivity contribution < 1.29 is 10.2 Å². The van der Waals surface area contributed by atoms with Crippen molar-refractivity contribution in [3.8, 4) is 11.5 Å². The lowest BCUT2D eigenvalue weighted by molar-refractivity contribution is 0.464. The first kappa shape index (κ1) is 30.1. The van der Waals surface area contributed by atoms with Gasteiger partial charge in [-0.3, -0.25) is 9.97 Å². The topological polar surface area (TPSA) is 115 Å². The van der Waals surface area contributed by atoms with E-state index >= 15 is 0 Å². The number of nitrogens with zero attached hydrogens (tertiary/aromatic N) is 4. The van der Waals surface area contributed by atoms with Gasteiger partial charge in [0.2, 0.25) is 0 Å². The smallest absolute Gasteiger partial charge is 0.120 e. The molecule has 8 rings (SSSR count). The SMILES string of the molecule is Oc1ccc(Cc2ccc(O)c(C3CC(c4ccccn4)=Nc4ccccc4N3)c2)cc1C1CC(c2ccccn2)=Nc2ccccc2N1. The number of anilines is 2. The van der Waals surface area contributed by atoms with Crippen molar-refractivity contribution in [1.82, 2.24) is 9.97 Å². The van der Waals surface area contributed by atoms with Crippen molar-refractivity contribution in [3.05, 3.63) is 167 Å². The summed E-state index contributed by atoms with van der Waals surface area (Å²) in [6.45, 7) is 0. The molecular weight excluding hydrogens is 608 g/mol. The van der Waals surface area contributed by atoms with Crippen LogP contribution in [0.25, 0.3) is 0 Å². The first-order chi connectivity index (χ1) is 24.1. The van der Waals surface area contributed by atoms with Gasteiger partial charge in [-0.2, -0.15) is 0 Å². The number of rotatable bonds is 6. The summed E-state index contributed by atoms with van der Waals surface area (Å²) in [6, 6.07) is 38.6. The van der Waals surface area contributed by atoms with Gasteiger partial charge in [0.1, 0.15) is 11.5 Å². The molecule has 0 saturated heterocycles. The molecule has 2 unspecified atom stereocenters. The molecule has 0 spiro atoms. The highest BCUT2D eigenvalue weighted by atomic mass is 16.3. The van der Waals surface area contributed by atoms with Crippen LogP contribution in [0.3, 0.4) is 0 Å². The Labute approximate surface area is 284 Å². The molecule has 8 nitrogen and oxygen atoms in total. The van der Waals surface area contributed by atoms with Crippen molar-refractivity contribution in [3.63, 3.8) is 0 Å². The van der Waals surface area contributed by atoms with Crippen LogP contribution in [0.2, 0.25) is 0 Å². The highest BCUT2D eigenvalue weighted by Gasteiger charge is 2.26. The van der Waals surface area contributed by atoms with Crippen LogP contribution in [-0.4, -0.2) is 31.6 Å². The number of aromatic hydroxyl groups is 2. The van der Waals surface area contributed by atoms with Gasteiger partial charge in [-0.05, 0) is 90.3 Å². The predicted octanol–water partition coefficient (Wildman–Crippen LogP) is 8.83. The summed E-state index contributed by atoms with van der Waals surface area (Å²) >= 11 is 0. The quantitative estimate of drug-likeness (QED) is 0.144. The summed E-state index contributed by atoms with van der Waals surface area (Å²) in [7, 11) is 0. The monoisotopic (exact) mass is 642 g/mol. The first-order valence-corrected chi connectivity index (χ1v) is 16.4. The van der Waals surface area contributed by atoms with Gasteiger partial charge in [-0.1, -0.05) is 48.5 Å². The molecule has 0 aliphatic carbocycles. The van der Waals surface area contributed by atoms with E-state index in [9.17, 15) is 10.2 Å². The lowest BCUT2D eigenvalue weighted by Gasteiger charge is -2.22. The fourth-order valence-electron chi connectivity index (χ4n) is 6.62. The van der Waals surface area contributed by atoms with Gasteiger partial charge in [-0.25, -0.2) is 9.98 Å². The molecule has 2 aromatic heterocycles. The third-order valence-corrected chi connectivity index (χ3v) is 9.04. The molecule has 0 amide bonds. The van der Waals surface area contributed by atoms with Crippen molar-refractivity contribution >= 4 is 34.2 Å².